The minimum absolute atomic E-state index is 0.426. The number of aromatic nitrogens is 1. The molecule has 6 rings (SSSR count). The fraction of sp³-hybridized carbons (Fsp3) is 0.286. The van der Waals surface area contributed by atoms with Crippen molar-refractivity contribution in [1.29, 1.82) is 0 Å². The van der Waals surface area contributed by atoms with Crippen LogP contribution in [0.25, 0.3) is 21.7 Å². The summed E-state index contributed by atoms with van der Waals surface area (Å²) < 4.78 is 12.5. The largest absolute Gasteiger partial charge is 0.481 e. The van der Waals surface area contributed by atoms with Gasteiger partial charge in [0.1, 0.15) is 5.60 Å². The molecule has 1 saturated heterocycles. The standard InChI is InChI=1S/C35H35BrN2O3/c1-40-34-30(24-27-23-28(36)15-16-32(27)37-34)33(26-10-3-2-4-11-26)35(39,17-8-18-38-19-21-41-22-20-38)31-14-7-12-25-9-5-6-13-29(25)31/h2-7,9-16,23-24,33,39H,8,17-22H2,1H3. The molecule has 0 spiro atoms. The molecular weight excluding hydrogens is 576 g/mol. The van der Waals surface area contributed by atoms with E-state index in [0.717, 1.165) is 82.1 Å². The number of morpholine rings is 1. The quantitative estimate of drug-likeness (QED) is 0.190. The first-order chi connectivity index (χ1) is 20.1. The molecule has 1 aliphatic heterocycles. The highest BCUT2D eigenvalue weighted by Gasteiger charge is 2.43. The van der Waals surface area contributed by atoms with Crippen LogP contribution < -0.4 is 4.74 Å². The monoisotopic (exact) mass is 610 g/mol. The van der Waals surface area contributed by atoms with Gasteiger partial charge in [0.05, 0.1) is 25.8 Å². The molecular formula is C35H35BrN2O3. The predicted molar refractivity (Wildman–Crippen MR) is 169 cm³/mol. The second-order valence-electron chi connectivity index (χ2n) is 10.8. The minimum atomic E-state index is -1.25. The number of pyridine rings is 1. The zero-order valence-electron chi connectivity index (χ0n) is 23.3. The van der Waals surface area contributed by atoms with Crippen LogP contribution in [0.15, 0.2) is 102 Å². The van der Waals surface area contributed by atoms with Gasteiger partial charge < -0.3 is 14.6 Å². The Balaban J connectivity index is 1.56. The van der Waals surface area contributed by atoms with Crippen molar-refractivity contribution in [2.24, 2.45) is 0 Å². The van der Waals surface area contributed by atoms with Crippen molar-refractivity contribution in [1.82, 2.24) is 9.88 Å². The van der Waals surface area contributed by atoms with Crippen molar-refractivity contribution >= 4 is 37.6 Å². The van der Waals surface area contributed by atoms with Crippen LogP contribution in [-0.4, -0.2) is 54.9 Å². The number of rotatable bonds is 9. The molecule has 4 aromatic carbocycles. The molecule has 0 amide bonds. The van der Waals surface area contributed by atoms with Crippen LogP contribution in [0.3, 0.4) is 0 Å². The van der Waals surface area contributed by atoms with Gasteiger partial charge in [-0.25, -0.2) is 4.98 Å². The van der Waals surface area contributed by atoms with Gasteiger partial charge in [0.25, 0.3) is 0 Å². The van der Waals surface area contributed by atoms with Crippen molar-refractivity contribution in [3.8, 4) is 5.88 Å². The fourth-order valence-electron chi connectivity index (χ4n) is 6.31. The Morgan fingerprint density at radius 1 is 0.927 bits per heavy atom. The average molecular weight is 612 g/mol. The second kappa shape index (κ2) is 12.3. The van der Waals surface area contributed by atoms with Gasteiger partial charge in [-0.2, -0.15) is 0 Å². The lowest BCUT2D eigenvalue weighted by molar-refractivity contribution is 0.0000646. The van der Waals surface area contributed by atoms with E-state index in [0.29, 0.717) is 12.3 Å². The maximum absolute atomic E-state index is 13.3. The highest BCUT2D eigenvalue weighted by Crippen LogP contribution is 2.49. The summed E-state index contributed by atoms with van der Waals surface area (Å²) in [5.41, 5.74) is 2.41. The first-order valence-corrected chi connectivity index (χ1v) is 15.1. The molecule has 0 bridgehead atoms. The Hall–Kier alpha value is -3.29. The molecule has 2 atom stereocenters. The summed E-state index contributed by atoms with van der Waals surface area (Å²) in [7, 11) is 1.66. The van der Waals surface area contributed by atoms with E-state index in [2.05, 4.69) is 75.4 Å². The molecule has 1 aliphatic rings. The van der Waals surface area contributed by atoms with Gasteiger partial charge in [0, 0.05) is 34.4 Å². The summed E-state index contributed by atoms with van der Waals surface area (Å²) in [4.78, 5) is 7.36. The van der Waals surface area contributed by atoms with E-state index in [-0.39, 0.29) is 0 Å². The van der Waals surface area contributed by atoms with E-state index in [1.54, 1.807) is 7.11 Å². The van der Waals surface area contributed by atoms with E-state index < -0.39 is 11.5 Å². The highest BCUT2D eigenvalue weighted by atomic mass is 79.9. The number of benzene rings is 4. The second-order valence-corrected chi connectivity index (χ2v) is 11.7. The Morgan fingerprint density at radius 3 is 2.49 bits per heavy atom. The van der Waals surface area contributed by atoms with Crippen molar-refractivity contribution < 1.29 is 14.6 Å². The van der Waals surface area contributed by atoms with E-state index in [4.69, 9.17) is 14.5 Å². The van der Waals surface area contributed by atoms with Gasteiger partial charge in [-0.1, -0.05) is 88.7 Å². The molecule has 0 saturated carbocycles. The van der Waals surface area contributed by atoms with Crippen LogP contribution in [0.1, 0.15) is 35.4 Å². The highest BCUT2D eigenvalue weighted by molar-refractivity contribution is 9.10. The SMILES string of the molecule is COc1nc2ccc(Br)cc2cc1C(c1ccccc1)C(O)(CCCN1CCOCC1)c1cccc2ccccc12. The summed E-state index contributed by atoms with van der Waals surface area (Å²) in [6.45, 7) is 4.27. The maximum atomic E-state index is 13.3. The van der Waals surface area contributed by atoms with E-state index >= 15 is 0 Å². The van der Waals surface area contributed by atoms with E-state index in [1.165, 1.54) is 0 Å². The molecule has 41 heavy (non-hydrogen) atoms. The average Bonchev–Trinajstić information content (AvgIpc) is 3.01. The van der Waals surface area contributed by atoms with Crippen LogP contribution in [-0.2, 0) is 10.3 Å². The van der Waals surface area contributed by atoms with Gasteiger partial charge >= 0.3 is 0 Å². The Morgan fingerprint density at radius 2 is 1.68 bits per heavy atom. The predicted octanol–water partition coefficient (Wildman–Crippen LogP) is 7.29. The first-order valence-electron chi connectivity index (χ1n) is 14.3. The number of fused-ring (bicyclic) bond motifs is 2. The van der Waals surface area contributed by atoms with Crippen LogP contribution in [0.5, 0.6) is 5.88 Å². The van der Waals surface area contributed by atoms with Gasteiger partial charge in [-0.05, 0) is 65.6 Å². The Labute approximate surface area is 249 Å². The maximum Gasteiger partial charge on any atom is 0.217 e. The summed E-state index contributed by atoms with van der Waals surface area (Å²) in [5, 5.41) is 16.4. The number of halogens is 1. The van der Waals surface area contributed by atoms with Crippen molar-refractivity contribution in [3.05, 3.63) is 118 Å². The molecule has 1 N–H and O–H groups in total. The van der Waals surface area contributed by atoms with Gasteiger partial charge in [0.15, 0.2) is 0 Å². The molecule has 2 unspecified atom stereocenters. The summed E-state index contributed by atoms with van der Waals surface area (Å²) in [5.74, 6) is 0.102. The third-order valence-electron chi connectivity index (χ3n) is 8.28. The number of aliphatic hydroxyl groups is 1. The van der Waals surface area contributed by atoms with Gasteiger partial charge in [-0.15, -0.1) is 0 Å². The molecule has 1 fully saturated rings. The number of hydrogen-bond donors (Lipinski definition) is 1. The van der Waals surface area contributed by atoms with Crippen LogP contribution in [0, 0.1) is 0 Å². The number of hydrogen-bond acceptors (Lipinski definition) is 5. The molecule has 6 heteroatoms. The summed E-state index contributed by atoms with van der Waals surface area (Å²) in [6, 6.07) is 33.1. The number of nitrogens with zero attached hydrogens (tertiary/aromatic N) is 2. The molecule has 1 aromatic heterocycles. The zero-order valence-corrected chi connectivity index (χ0v) is 24.9. The van der Waals surface area contributed by atoms with Gasteiger partial charge in [0.2, 0.25) is 5.88 Å². The topological polar surface area (TPSA) is 54.8 Å². The van der Waals surface area contributed by atoms with E-state index in [9.17, 15) is 5.11 Å². The number of methoxy groups -OCH3 is 1. The minimum Gasteiger partial charge on any atom is -0.481 e. The molecule has 210 valence electrons. The first kappa shape index (κ1) is 27.9. The fourth-order valence-corrected chi connectivity index (χ4v) is 6.69. The summed E-state index contributed by atoms with van der Waals surface area (Å²) in [6.07, 6.45) is 1.40. The smallest absolute Gasteiger partial charge is 0.217 e. The van der Waals surface area contributed by atoms with Gasteiger partial charge in [-0.3, -0.25) is 4.90 Å². The third kappa shape index (κ3) is 5.75. The van der Waals surface area contributed by atoms with Crippen LogP contribution in [0.2, 0.25) is 0 Å². The molecule has 0 radical (unpaired) electrons. The number of ether oxygens (including phenoxy) is 2. The van der Waals surface area contributed by atoms with E-state index in [1.807, 2.05) is 42.5 Å². The lowest BCUT2D eigenvalue weighted by Gasteiger charge is -2.39. The van der Waals surface area contributed by atoms with Crippen molar-refractivity contribution in [3.63, 3.8) is 0 Å². The van der Waals surface area contributed by atoms with Crippen LogP contribution in [0.4, 0.5) is 0 Å². The Kier molecular flexibility index (Phi) is 8.35. The van der Waals surface area contributed by atoms with Crippen molar-refractivity contribution in [2.75, 3.05) is 40.0 Å². The molecule has 5 aromatic rings. The zero-order chi connectivity index (χ0) is 28.2. The van der Waals surface area contributed by atoms with Crippen LogP contribution >= 0.6 is 15.9 Å². The lowest BCUT2D eigenvalue weighted by atomic mass is 9.70. The molecule has 2 heterocycles. The molecule has 0 aliphatic carbocycles. The lowest BCUT2D eigenvalue weighted by Crippen LogP contribution is -2.39. The summed E-state index contributed by atoms with van der Waals surface area (Å²) >= 11 is 3.63. The normalized spacial score (nSPS) is 16.5. The third-order valence-corrected chi connectivity index (χ3v) is 8.77. The molecule has 5 nitrogen and oxygen atoms in total. The Bertz CT molecular complexity index is 1630. The van der Waals surface area contributed by atoms with Crippen molar-refractivity contribution in [2.45, 2.75) is 24.4 Å².